The number of hydrogen-bond acceptors (Lipinski definition) is 2. The molecule has 0 radical (unpaired) electrons. The zero-order valence-electron chi connectivity index (χ0n) is 17.1. The Kier molecular flexibility index (Phi) is 7.74. The van der Waals surface area contributed by atoms with E-state index >= 15 is 0 Å². The molecule has 146 valence electrons. The molecule has 0 atom stereocenters. The lowest BCUT2D eigenvalue weighted by atomic mass is 9.78. The maximum atomic E-state index is 5.47. The van der Waals surface area contributed by atoms with Gasteiger partial charge in [-0.15, -0.1) is 0 Å². The minimum atomic E-state index is 0.677. The second kappa shape index (κ2) is 10.5. The van der Waals surface area contributed by atoms with Crippen LogP contribution in [0.1, 0.15) is 70.8 Å². The van der Waals surface area contributed by atoms with Gasteiger partial charge in [0.15, 0.2) is 0 Å². The van der Waals surface area contributed by atoms with Crippen molar-refractivity contribution >= 4 is 0 Å². The first-order valence-electron chi connectivity index (χ1n) is 11.0. The maximum Gasteiger partial charge on any atom is 0.137 e. The Balaban J connectivity index is 1.45. The SMILES string of the molecule is CCCCC1CCC(CCc2ccc(-c3ccc(OCC)cn3)cc2)CC1. The van der Waals surface area contributed by atoms with E-state index in [1.807, 2.05) is 25.3 Å². The molecule has 1 heterocycles. The molecule has 0 spiro atoms. The normalized spacial score (nSPS) is 19.8. The van der Waals surface area contributed by atoms with E-state index in [1.165, 1.54) is 68.9 Å². The first kappa shape index (κ1) is 19.9. The van der Waals surface area contributed by atoms with Crippen LogP contribution in [0.5, 0.6) is 5.75 Å². The predicted molar refractivity (Wildman–Crippen MR) is 114 cm³/mol. The summed E-state index contributed by atoms with van der Waals surface area (Å²) in [4.78, 5) is 4.52. The number of ether oxygens (including phenoxy) is 1. The second-order valence-corrected chi connectivity index (χ2v) is 8.08. The third kappa shape index (κ3) is 6.09. The average Bonchev–Trinajstić information content (AvgIpc) is 2.73. The van der Waals surface area contributed by atoms with Crippen molar-refractivity contribution in [2.24, 2.45) is 11.8 Å². The number of aromatic nitrogens is 1. The third-order valence-electron chi connectivity index (χ3n) is 6.07. The van der Waals surface area contributed by atoms with Crippen molar-refractivity contribution in [3.05, 3.63) is 48.2 Å². The number of benzene rings is 1. The van der Waals surface area contributed by atoms with Crippen LogP contribution in [0.15, 0.2) is 42.6 Å². The van der Waals surface area contributed by atoms with Gasteiger partial charge in [0.1, 0.15) is 5.75 Å². The van der Waals surface area contributed by atoms with Crippen LogP contribution in [0.4, 0.5) is 0 Å². The molecule has 0 unspecified atom stereocenters. The van der Waals surface area contributed by atoms with E-state index in [4.69, 9.17) is 4.74 Å². The second-order valence-electron chi connectivity index (χ2n) is 8.08. The molecule has 27 heavy (non-hydrogen) atoms. The van der Waals surface area contributed by atoms with Gasteiger partial charge in [0.25, 0.3) is 0 Å². The van der Waals surface area contributed by atoms with Gasteiger partial charge in [0.05, 0.1) is 18.5 Å². The van der Waals surface area contributed by atoms with Crippen molar-refractivity contribution in [1.82, 2.24) is 4.98 Å². The van der Waals surface area contributed by atoms with E-state index in [0.29, 0.717) is 6.61 Å². The van der Waals surface area contributed by atoms with Crippen LogP contribution < -0.4 is 4.74 Å². The Morgan fingerprint density at radius 1 is 0.889 bits per heavy atom. The Morgan fingerprint density at radius 3 is 2.19 bits per heavy atom. The Hall–Kier alpha value is -1.83. The molecule has 0 N–H and O–H groups in total. The number of aryl methyl sites for hydroxylation is 1. The fraction of sp³-hybridized carbons (Fsp3) is 0.560. The number of unbranched alkanes of at least 4 members (excludes halogenated alkanes) is 1. The van der Waals surface area contributed by atoms with Crippen LogP contribution in [0.2, 0.25) is 0 Å². The highest BCUT2D eigenvalue weighted by molar-refractivity contribution is 5.59. The molecule has 0 bridgehead atoms. The van der Waals surface area contributed by atoms with E-state index in [9.17, 15) is 0 Å². The number of nitrogens with zero attached hydrogens (tertiary/aromatic N) is 1. The lowest BCUT2D eigenvalue weighted by Crippen LogP contribution is -2.15. The fourth-order valence-corrected chi connectivity index (χ4v) is 4.32. The quantitative estimate of drug-likeness (QED) is 0.474. The zero-order chi connectivity index (χ0) is 18.9. The lowest BCUT2D eigenvalue weighted by molar-refractivity contribution is 0.250. The van der Waals surface area contributed by atoms with Crippen molar-refractivity contribution in [2.75, 3.05) is 6.61 Å². The van der Waals surface area contributed by atoms with Crippen molar-refractivity contribution in [3.63, 3.8) is 0 Å². The summed E-state index contributed by atoms with van der Waals surface area (Å²) in [6.07, 6.45) is 14.4. The Morgan fingerprint density at radius 2 is 1.59 bits per heavy atom. The minimum absolute atomic E-state index is 0.677. The van der Waals surface area contributed by atoms with E-state index in [1.54, 1.807) is 0 Å². The summed E-state index contributed by atoms with van der Waals surface area (Å²) in [5, 5.41) is 0. The summed E-state index contributed by atoms with van der Waals surface area (Å²) in [5.74, 6) is 2.79. The molecule has 1 aromatic heterocycles. The van der Waals surface area contributed by atoms with E-state index < -0.39 is 0 Å². The van der Waals surface area contributed by atoms with Crippen LogP contribution in [0.25, 0.3) is 11.3 Å². The van der Waals surface area contributed by atoms with Crippen LogP contribution in [0, 0.1) is 11.8 Å². The number of pyridine rings is 1. The molecule has 1 aliphatic rings. The molecule has 2 heteroatoms. The molecule has 1 aromatic carbocycles. The fourth-order valence-electron chi connectivity index (χ4n) is 4.32. The standard InChI is InChI=1S/C25H35NO/c1-3-5-6-20-7-9-21(10-8-20)11-12-22-13-15-23(16-14-22)25-18-17-24(19-26-25)27-4-2/h13-21H,3-12H2,1-2H3. The molecule has 0 amide bonds. The summed E-state index contributed by atoms with van der Waals surface area (Å²) < 4.78 is 5.47. The molecule has 1 aliphatic carbocycles. The molecule has 2 nitrogen and oxygen atoms in total. The Labute approximate surface area is 165 Å². The van der Waals surface area contributed by atoms with Crippen LogP contribution >= 0.6 is 0 Å². The first-order valence-corrected chi connectivity index (χ1v) is 11.0. The van der Waals surface area contributed by atoms with E-state index in [2.05, 4.69) is 36.2 Å². The van der Waals surface area contributed by atoms with Gasteiger partial charge in [-0.1, -0.05) is 76.1 Å². The average molecular weight is 366 g/mol. The smallest absolute Gasteiger partial charge is 0.137 e. The van der Waals surface area contributed by atoms with Gasteiger partial charge in [-0.25, -0.2) is 0 Å². The minimum Gasteiger partial charge on any atom is -0.492 e. The molecule has 1 fully saturated rings. The predicted octanol–water partition coefficient (Wildman–Crippen LogP) is 7.08. The van der Waals surface area contributed by atoms with Crippen molar-refractivity contribution in [3.8, 4) is 17.0 Å². The molecular weight excluding hydrogens is 330 g/mol. The van der Waals surface area contributed by atoms with Gasteiger partial charge in [-0.3, -0.25) is 4.98 Å². The summed E-state index contributed by atoms with van der Waals surface area (Å²) >= 11 is 0. The van der Waals surface area contributed by atoms with Gasteiger partial charge >= 0.3 is 0 Å². The Bertz CT molecular complexity index is 654. The molecule has 2 aromatic rings. The monoisotopic (exact) mass is 365 g/mol. The largest absolute Gasteiger partial charge is 0.492 e. The van der Waals surface area contributed by atoms with Gasteiger partial charge in [-0.2, -0.15) is 0 Å². The highest BCUT2D eigenvalue weighted by Crippen LogP contribution is 2.34. The van der Waals surface area contributed by atoms with Crippen LogP contribution in [0.3, 0.4) is 0 Å². The summed E-state index contributed by atoms with van der Waals surface area (Å²) in [7, 11) is 0. The van der Waals surface area contributed by atoms with Crippen LogP contribution in [-0.4, -0.2) is 11.6 Å². The van der Waals surface area contributed by atoms with Crippen molar-refractivity contribution < 1.29 is 4.74 Å². The highest BCUT2D eigenvalue weighted by Gasteiger charge is 2.20. The van der Waals surface area contributed by atoms with Crippen LogP contribution in [-0.2, 0) is 6.42 Å². The maximum absolute atomic E-state index is 5.47. The molecule has 3 rings (SSSR count). The molecule has 1 saturated carbocycles. The summed E-state index contributed by atoms with van der Waals surface area (Å²) in [6, 6.07) is 13.0. The summed E-state index contributed by atoms with van der Waals surface area (Å²) in [5.41, 5.74) is 3.64. The lowest BCUT2D eigenvalue weighted by Gasteiger charge is -2.28. The molecule has 0 saturated heterocycles. The van der Waals surface area contributed by atoms with Crippen molar-refractivity contribution in [1.29, 1.82) is 0 Å². The van der Waals surface area contributed by atoms with Gasteiger partial charge in [0.2, 0.25) is 0 Å². The highest BCUT2D eigenvalue weighted by atomic mass is 16.5. The van der Waals surface area contributed by atoms with Gasteiger partial charge < -0.3 is 4.74 Å². The van der Waals surface area contributed by atoms with Gasteiger partial charge in [-0.05, 0) is 49.3 Å². The van der Waals surface area contributed by atoms with Gasteiger partial charge in [0, 0.05) is 5.56 Å². The number of rotatable bonds is 9. The topological polar surface area (TPSA) is 22.1 Å². The van der Waals surface area contributed by atoms with E-state index in [0.717, 1.165) is 23.3 Å². The number of hydrogen-bond donors (Lipinski definition) is 0. The first-order chi connectivity index (χ1) is 13.3. The zero-order valence-corrected chi connectivity index (χ0v) is 17.1. The summed E-state index contributed by atoms with van der Waals surface area (Å²) in [6.45, 7) is 4.98. The third-order valence-corrected chi connectivity index (χ3v) is 6.07. The molecule has 0 aliphatic heterocycles. The van der Waals surface area contributed by atoms with Crippen molar-refractivity contribution in [2.45, 2.75) is 71.6 Å². The molecular formula is C25H35NO. The van der Waals surface area contributed by atoms with E-state index in [-0.39, 0.29) is 0 Å².